The molecule has 6 amide bonds. The maximum Gasteiger partial charge on any atom is 0.326 e. The second kappa shape index (κ2) is 27.1. The van der Waals surface area contributed by atoms with Gasteiger partial charge in [-0.05, 0) is 88.3 Å². The first-order chi connectivity index (χ1) is 30.0. The summed E-state index contributed by atoms with van der Waals surface area (Å²) < 4.78 is 6.00. The van der Waals surface area contributed by atoms with Crippen LogP contribution in [0, 0.1) is 23.2 Å². The highest BCUT2D eigenvalue weighted by Crippen LogP contribution is 2.44. The number of carbonyl (C=O) groups excluding carboxylic acids is 6. The van der Waals surface area contributed by atoms with Crippen molar-refractivity contribution in [3.05, 3.63) is 47.5 Å². The maximum absolute atomic E-state index is 13.4. The number of carbonyl (C=O) groups is 8. The van der Waals surface area contributed by atoms with Gasteiger partial charge in [0.25, 0.3) is 0 Å². The lowest BCUT2D eigenvalue weighted by molar-refractivity contribution is -0.146. The molecular formula is C47H76N6O11. The van der Waals surface area contributed by atoms with Crippen LogP contribution < -0.4 is 26.6 Å². The van der Waals surface area contributed by atoms with Gasteiger partial charge in [0, 0.05) is 19.4 Å². The van der Waals surface area contributed by atoms with Gasteiger partial charge in [-0.3, -0.25) is 33.6 Å². The van der Waals surface area contributed by atoms with Crippen molar-refractivity contribution in [1.29, 1.82) is 0 Å². The van der Waals surface area contributed by atoms with E-state index in [0.717, 1.165) is 17.5 Å². The Labute approximate surface area is 379 Å². The van der Waals surface area contributed by atoms with Gasteiger partial charge in [-0.2, -0.15) is 0 Å². The third-order valence-electron chi connectivity index (χ3n) is 10.9. The summed E-state index contributed by atoms with van der Waals surface area (Å²) in [6.07, 6.45) is 3.51. The molecule has 17 heteroatoms. The molecule has 8 atom stereocenters. The molecule has 2 heterocycles. The minimum Gasteiger partial charge on any atom is -0.481 e. The van der Waals surface area contributed by atoms with Gasteiger partial charge in [0.2, 0.25) is 35.4 Å². The smallest absolute Gasteiger partial charge is 0.326 e. The molecule has 2 saturated heterocycles. The largest absolute Gasteiger partial charge is 0.481 e. The Bertz CT molecular complexity index is 1760. The van der Waals surface area contributed by atoms with Crippen molar-refractivity contribution in [2.24, 2.45) is 23.2 Å². The first kappa shape index (κ1) is 56.7. The summed E-state index contributed by atoms with van der Waals surface area (Å²) in [6, 6.07) is 3.94. The number of amides is 6. The summed E-state index contributed by atoms with van der Waals surface area (Å²) in [4.78, 5) is 101. The molecule has 2 fully saturated rings. The van der Waals surface area contributed by atoms with Gasteiger partial charge in [0.05, 0.1) is 11.5 Å². The second-order valence-electron chi connectivity index (χ2n) is 17.3. The summed E-state index contributed by atoms with van der Waals surface area (Å²) in [5.41, 5.74) is 0.486. The Morgan fingerprint density at radius 2 is 1.48 bits per heavy atom. The lowest BCUT2D eigenvalue weighted by Crippen LogP contribution is -2.58. The number of nitrogens with one attached hydrogen (secondary N) is 5. The number of carboxylic acids is 2. The van der Waals surface area contributed by atoms with E-state index in [1.807, 2.05) is 65.8 Å². The zero-order chi connectivity index (χ0) is 49.1. The fraction of sp³-hybridized carbons (Fsp3) is 0.660. The van der Waals surface area contributed by atoms with Crippen molar-refractivity contribution in [1.82, 2.24) is 31.5 Å². The molecule has 6 unspecified atom stereocenters. The Morgan fingerprint density at radius 1 is 0.875 bits per heavy atom. The van der Waals surface area contributed by atoms with Crippen molar-refractivity contribution >= 4 is 47.4 Å². The molecule has 0 radical (unpaired) electrons. The van der Waals surface area contributed by atoms with E-state index in [2.05, 4.69) is 33.5 Å². The Morgan fingerprint density at radius 3 is 2.03 bits per heavy atom. The third-order valence-corrected chi connectivity index (χ3v) is 10.9. The summed E-state index contributed by atoms with van der Waals surface area (Å²) >= 11 is 0. The standard InChI is InChI=1S/C43H64N6O11.2C2H6/c1-23(2)21-30(40(57)58)46-42(59)43(8,9)41-48-38(55)27(7)49(41)32(51)15-11-10-13-25(5)35-36(60-35)29-19-17-28(18-20-29)22-44-37(54)26(6)45-39(56)34(24(3)4)47-31(50)14-12-16-33(52)53;2*1-2/h11,15,17-20,23-27,30,34-36,41H,10,12-14,16,21-22H2,1-9H3,(H,44,54)(H,45,56)(H,46,59)(H,47,50)(H,48,55)(H,52,53)(H,57,58);2*1-2H3/b15-11+;;/t25?,26?,27-,30?,34+,35?,36?,41?;;/m1../s1. The van der Waals surface area contributed by atoms with Gasteiger partial charge in [-0.1, -0.05) is 92.7 Å². The number of carboxylic acid groups (broad SMARTS) is 2. The van der Waals surface area contributed by atoms with Gasteiger partial charge in [0.15, 0.2) is 0 Å². The zero-order valence-electron chi connectivity index (χ0n) is 40.2. The number of benzene rings is 1. The van der Waals surface area contributed by atoms with Crippen LogP contribution in [0.25, 0.3) is 0 Å². The van der Waals surface area contributed by atoms with E-state index in [9.17, 15) is 43.5 Å². The number of hydrogen-bond acceptors (Lipinski definition) is 9. The van der Waals surface area contributed by atoms with E-state index >= 15 is 0 Å². The van der Waals surface area contributed by atoms with Crippen molar-refractivity contribution < 1.29 is 53.3 Å². The van der Waals surface area contributed by atoms with E-state index in [-0.39, 0.29) is 62.2 Å². The lowest BCUT2D eigenvalue weighted by Gasteiger charge is -2.37. The summed E-state index contributed by atoms with van der Waals surface area (Å²) in [7, 11) is 0. The fourth-order valence-electron chi connectivity index (χ4n) is 7.02. The molecule has 2 aliphatic heterocycles. The predicted molar refractivity (Wildman–Crippen MR) is 243 cm³/mol. The minimum absolute atomic E-state index is 0.0192. The third kappa shape index (κ3) is 17.3. The first-order valence-corrected chi connectivity index (χ1v) is 22.7. The van der Waals surface area contributed by atoms with Gasteiger partial charge in [-0.15, -0.1) is 0 Å². The number of allylic oxidation sites excluding steroid dienone is 1. The average Bonchev–Trinajstić information content (AvgIpc) is 3.99. The topological polar surface area (TPSA) is 253 Å². The van der Waals surface area contributed by atoms with Crippen molar-refractivity contribution in [2.75, 3.05) is 0 Å². The average molecular weight is 901 g/mol. The molecule has 64 heavy (non-hydrogen) atoms. The van der Waals surface area contributed by atoms with E-state index < -0.39 is 83.1 Å². The molecule has 1 aromatic rings. The van der Waals surface area contributed by atoms with Crippen LogP contribution in [0.1, 0.15) is 146 Å². The van der Waals surface area contributed by atoms with Gasteiger partial charge in [-0.25, -0.2) is 4.79 Å². The highest BCUT2D eigenvalue weighted by Gasteiger charge is 2.51. The van der Waals surface area contributed by atoms with Crippen LogP contribution in [0.5, 0.6) is 0 Å². The van der Waals surface area contributed by atoms with Crippen molar-refractivity contribution in [3.63, 3.8) is 0 Å². The molecular weight excluding hydrogens is 825 g/mol. The molecule has 1 aromatic carbocycles. The number of nitrogens with zero attached hydrogens (tertiary/aromatic N) is 1. The van der Waals surface area contributed by atoms with Crippen LogP contribution in [-0.4, -0.2) is 98.9 Å². The van der Waals surface area contributed by atoms with Crippen LogP contribution >= 0.6 is 0 Å². The van der Waals surface area contributed by atoms with Crippen LogP contribution in [0.4, 0.5) is 0 Å². The predicted octanol–water partition coefficient (Wildman–Crippen LogP) is 4.98. The SMILES string of the molecule is CC.CC.CC(C)CC(NC(=O)C(C)(C)C1NC(=O)[C@@H](C)N1C(=O)/C=C/CCC(C)C1OC1c1ccc(CNC(=O)C(C)NC(=O)[C@@H](NC(=O)CCCC(=O)O)C(C)C)cc1)C(=O)O. The molecule has 0 aliphatic carbocycles. The number of epoxide rings is 1. The Balaban J connectivity index is 0.00000497. The number of rotatable bonds is 23. The number of aliphatic carboxylic acids is 2. The van der Waals surface area contributed by atoms with Crippen molar-refractivity contribution in [3.8, 4) is 0 Å². The van der Waals surface area contributed by atoms with E-state index in [1.54, 1.807) is 47.6 Å². The van der Waals surface area contributed by atoms with Gasteiger partial charge < -0.3 is 46.4 Å². The molecule has 3 rings (SSSR count). The number of ether oxygens (including phenoxy) is 1. The first-order valence-electron chi connectivity index (χ1n) is 22.7. The molecule has 360 valence electrons. The van der Waals surface area contributed by atoms with E-state index in [4.69, 9.17) is 9.84 Å². The van der Waals surface area contributed by atoms with Crippen LogP contribution in [0.2, 0.25) is 0 Å². The van der Waals surface area contributed by atoms with Crippen LogP contribution in [0.3, 0.4) is 0 Å². The molecule has 0 bridgehead atoms. The Hall–Kier alpha value is -5.32. The summed E-state index contributed by atoms with van der Waals surface area (Å²) in [5.74, 6) is -5.05. The molecule has 7 N–H and O–H groups in total. The minimum atomic E-state index is -1.33. The molecule has 2 aliphatic rings. The molecule has 17 nitrogen and oxygen atoms in total. The summed E-state index contributed by atoms with van der Waals surface area (Å²) in [5, 5.41) is 31.8. The zero-order valence-corrected chi connectivity index (χ0v) is 40.2. The maximum atomic E-state index is 13.4. The highest BCUT2D eigenvalue weighted by atomic mass is 16.6. The van der Waals surface area contributed by atoms with Crippen molar-refractivity contribution in [2.45, 2.75) is 178 Å². The number of hydrogen-bond donors (Lipinski definition) is 7. The van der Waals surface area contributed by atoms with Crippen LogP contribution in [-0.2, 0) is 49.6 Å². The van der Waals surface area contributed by atoms with Gasteiger partial charge in [0.1, 0.15) is 36.4 Å². The molecule has 0 saturated carbocycles. The quantitative estimate of drug-likeness (QED) is 0.0570. The van der Waals surface area contributed by atoms with Gasteiger partial charge >= 0.3 is 11.9 Å². The van der Waals surface area contributed by atoms with E-state index in [0.29, 0.717) is 6.42 Å². The second-order valence-corrected chi connectivity index (χ2v) is 17.3. The van der Waals surface area contributed by atoms with Crippen LogP contribution in [0.15, 0.2) is 36.4 Å². The summed E-state index contributed by atoms with van der Waals surface area (Å²) in [6.45, 7) is 23.8. The monoisotopic (exact) mass is 901 g/mol. The molecule has 0 spiro atoms. The normalized spacial score (nSPS) is 19.7. The Kier molecular flexibility index (Phi) is 24.0. The lowest BCUT2D eigenvalue weighted by atomic mass is 9.86. The van der Waals surface area contributed by atoms with E-state index in [1.165, 1.54) is 11.0 Å². The fourth-order valence-corrected chi connectivity index (χ4v) is 7.02. The molecule has 0 aromatic heterocycles. The highest BCUT2D eigenvalue weighted by molar-refractivity contribution is 5.97.